The van der Waals surface area contributed by atoms with Crippen molar-refractivity contribution in [1.29, 1.82) is 0 Å². The van der Waals surface area contributed by atoms with Crippen LogP contribution < -0.4 is 5.32 Å². The summed E-state index contributed by atoms with van der Waals surface area (Å²) < 4.78 is 1.43. The predicted octanol–water partition coefficient (Wildman–Crippen LogP) is 1.45. The number of aromatic nitrogens is 2. The number of carbonyl (C=O) groups excluding carboxylic acids is 1. The second kappa shape index (κ2) is 6.39. The normalized spacial score (nSPS) is 12.2. The Kier molecular flexibility index (Phi) is 5.15. The van der Waals surface area contributed by atoms with Gasteiger partial charge in [-0.1, -0.05) is 24.9 Å². The molecule has 0 saturated heterocycles. The zero-order valence-corrected chi connectivity index (χ0v) is 11.1. The lowest BCUT2D eigenvalue weighted by molar-refractivity contribution is -0.137. The Morgan fingerprint density at radius 3 is 2.72 bits per heavy atom. The Morgan fingerprint density at radius 1 is 1.61 bits per heavy atom. The lowest BCUT2D eigenvalue weighted by Crippen LogP contribution is -2.36. The summed E-state index contributed by atoms with van der Waals surface area (Å²) in [6.07, 6.45) is 2.79. The number of nitrogens with zero attached hydrogens (tertiary/aromatic N) is 2. The van der Waals surface area contributed by atoms with Crippen molar-refractivity contribution in [3.8, 4) is 0 Å². The Balaban J connectivity index is 2.71. The molecule has 7 heteroatoms. The fourth-order valence-electron chi connectivity index (χ4n) is 1.65. The topological polar surface area (TPSA) is 84.2 Å². The summed E-state index contributed by atoms with van der Waals surface area (Å²) in [6.45, 7) is 1.93. The minimum absolute atomic E-state index is 0.107. The molecule has 18 heavy (non-hydrogen) atoms. The van der Waals surface area contributed by atoms with Crippen molar-refractivity contribution in [3.05, 3.63) is 16.9 Å². The van der Waals surface area contributed by atoms with E-state index in [1.807, 2.05) is 6.92 Å². The molecule has 1 unspecified atom stereocenters. The number of halogens is 1. The first-order chi connectivity index (χ1) is 8.43. The van der Waals surface area contributed by atoms with Crippen LogP contribution in [0, 0.1) is 0 Å². The molecule has 0 aliphatic carbocycles. The fraction of sp³-hybridized carbons (Fsp3) is 0.545. The zero-order valence-electron chi connectivity index (χ0n) is 10.3. The van der Waals surface area contributed by atoms with Crippen LogP contribution in [0.15, 0.2) is 6.20 Å². The molecule has 100 valence electrons. The minimum atomic E-state index is -0.944. The first kappa shape index (κ1) is 14.5. The average Bonchev–Trinajstić information content (AvgIpc) is 2.57. The first-order valence-corrected chi connectivity index (χ1v) is 6.03. The number of rotatable bonds is 6. The molecular formula is C11H16ClN3O3. The molecule has 0 fully saturated rings. The summed E-state index contributed by atoms with van der Waals surface area (Å²) >= 11 is 5.85. The van der Waals surface area contributed by atoms with Crippen LogP contribution in [0.3, 0.4) is 0 Å². The Bertz CT molecular complexity index is 445. The lowest BCUT2D eigenvalue weighted by Gasteiger charge is -2.15. The monoisotopic (exact) mass is 273 g/mol. The van der Waals surface area contributed by atoms with Crippen molar-refractivity contribution in [1.82, 2.24) is 15.1 Å². The second-order valence-corrected chi connectivity index (χ2v) is 4.46. The van der Waals surface area contributed by atoms with Gasteiger partial charge in [-0.3, -0.25) is 14.3 Å². The van der Waals surface area contributed by atoms with E-state index in [1.54, 1.807) is 7.05 Å². The van der Waals surface area contributed by atoms with Crippen LogP contribution in [0.4, 0.5) is 0 Å². The SMILES string of the molecule is CCCC(CC(=O)O)NC(=O)c1nn(C)cc1Cl. The van der Waals surface area contributed by atoms with Gasteiger partial charge in [0.2, 0.25) is 0 Å². The molecule has 1 heterocycles. The number of carboxylic acids is 1. The van der Waals surface area contributed by atoms with Crippen molar-refractivity contribution >= 4 is 23.5 Å². The molecule has 1 aromatic rings. The van der Waals surface area contributed by atoms with Gasteiger partial charge in [0.25, 0.3) is 5.91 Å². The number of aryl methyl sites for hydroxylation is 1. The van der Waals surface area contributed by atoms with Gasteiger partial charge in [-0.25, -0.2) is 0 Å². The third kappa shape index (κ3) is 4.03. The molecule has 1 atom stereocenters. The number of nitrogens with one attached hydrogen (secondary N) is 1. The molecule has 1 aromatic heterocycles. The van der Waals surface area contributed by atoms with Gasteiger partial charge >= 0.3 is 5.97 Å². The molecule has 0 aliphatic rings. The number of amides is 1. The van der Waals surface area contributed by atoms with Crippen molar-refractivity contribution in [3.63, 3.8) is 0 Å². The Labute approximate surface area is 110 Å². The molecule has 0 aliphatic heterocycles. The van der Waals surface area contributed by atoms with E-state index < -0.39 is 17.9 Å². The van der Waals surface area contributed by atoms with E-state index in [-0.39, 0.29) is 17.1 Å². The Hall–Kier alpha value is -1.56. The van der Waals surface area contributed by atoms with Crippen molar-refractivity contribution < 1.29 is 14.7 Å². The lowest BCUT2D eigenvalue weighted by atomic mass is 10.1. The maximum absolute atomic E-state index is 11.9. The molecule has 6 nitrogen and oxygen atoms in total. The number of hydrogen-bond donors (Lipinski definition) is 2. The summed E-state index contributed by atoms with van der Waals surface area (Å²) in [5.74, 6) is -1.39. The molecule has 0 saturated carbocycles. The quantitative estimate of drug-likeness (QED) is 0.821. The second-order valence-electron chi connectivity index (χ2n) is 4.06. The number of carboxylic acid groups (broad SMARTS) is 1. The van der Waals surface area contributed by atoms with Crippen molar-refractivity contribution in [2.45, 2.75) is 32.2 Å². The molecular weight excluding hydrogens is 258 g/mol. The van der Waals surface area contributed by atoms with Gasteiger partial charge in [0.15, 0.2) is 5.69 Å². The van der Waals surface area contributed by atoms with Crippen LogP contribution in [0.5, 0.6) is 0 Å². The van der Waals surface area contributed by atoms with Gasteiger partial charge in [0, 0.05) is 19.3 Å². The van der Waals surface area contributed by atoms with E-state index in [4.69, 9.17) is 16.7 Å². The van der Waals surface area contributed by atoms with E-state index in [2.05, 4.69) is 10.4 Å². The predicted molar refractivity (Wildman–Crippen MR) is 66.6 cm³/mol. The van der Waals surface area contributed by atoms with E-state index in [0.29, 0.717) is 6.42 Å². The smallest absolute Gasteiger partial charge is 0.305 e. The molecule has 1 rings (SSSR count). The van der Waals surface area contributed by atoms with Crippen LogP contribution in [-0.4, -0.2) is 32.8 Å². The molecule has 0 radical (unpaired) electrons. The maximum atomic E-state index is 11.9. The molecule has 1 amide bonds. The van der Waals surface area contributed by atoms with Crippen molar-refractivity contribution in [2.75, 3.05) is 0 Å². The number of carbonyl (C=O) groups is 2. The highest BCUT2D eigenvalue weighted by atomic mass is 35.5. The number of aliphatic carboxylic acids is 1. The number of hydrogen-bond acceptors (Lipinski definition) is 3. The Morgan fingerprint density at radius 2 is 2.28 bits per heavy atom. The largest absolute Gasteiger partial charge is 0.481 e. The van der Waals surface area contributed by atoms with Crippen LogP contribution in [0.1, 0.15) is 36.7 Å². The summed E-state index contributed by atoms with van der Waals surface area (Å²) in [7, 11) is 1.66. The fourth-order valence-corrected chi connectivity index (χ4v) is 1.92. The minimum Gasteiger partial charge on any atom is -0.481 e. The highest BCUT2D eigenvalue weighted by Crippen LogP contribution is 2.13. The van der Waals surface area contributed by atoms with Crippen molar-refractivity contribution in [2.24, 2.45) is 7.05 Å². The van der Waals surface area contributed by atoms with E-state index in [1.165, 1.54) is 10.9 Å². The first-order valence-electron chi connectivity index (χ1n) is 5.65. The summed E-state index contributed by atoms with van der Waals surface area (Å²) in [5.41, 5.74) is 0.116. The van der Waals surface area contributed by atoms with Crippen LogP contribution >= 0.6 is 11.6 Å². The molecule has 2 N–H and O–H groups in total. The van der Waals surface area contributed by atoms with Crippen LogP contribution in [0.2, 0.25) is 5.02 Å². The highest BCUT2D eigenvalue weighted by molar-refractivity contribution is 6.33. The molecule has 0 bridgehead atoms. The molecule has 0 spiro atoms. The summed E-state index contributed by atoms with van der Waals surface area (Å²) in [6, 6.07) is -0.405. The van der Waals surface area contributed by atoms with Gasteiger partial charge in [0.05, 0.1) is 11.4 Å². The maximum Gasteiger partial charge on any atom is 0.305 e. The van der Waals surface area contributed by atoms with Gasteiger partial charge < -0.3 is 10.4 Å². The van der Waals surface area contributed by atoms with E-state index in [0.717, 1.165) is 6.42 Å². The zero-order chi connectivity index (χ0) is 13.7. The standard InChI is InChI=1S/C11H16ClN3O3/c1-3-4-7(5-9(16)17)13-11(18)10-8(12)6-15(2)14-10/h6-7H,3-5H2,1-2H3,(H,13,18)(H,16,17). The third-order valence-corrected chi connectivity index (χ3v) is 2.67. The molecule has 0 aromatic carbocycles. The summed E-state index contributed by atoms with van der Waals surface area (Å²) in [4.78, 5) is 22.6. The van der Waals surface area contributed by atoms with E-state index >= 15 is 0 Å². The van der Waals surface area contributed by atoms with E-state index in [9.17, 15) is 9.59 Å². The van der Waals surface area contributed by atoms with Gasteiger partial charge in [0.1, 0.15) is 0 Å². The van der Waals surface area contributed by atoms with Crippen LogP contribution in [0.25, 0.3) is 0 Å². The third-order valence-electron chi connectivity index (χ3n) is 2.39. The average molecular weight is 274 g/mol. The van der Waals surface area contributed by atoms with Gasteiger partial charge in [-0.05, 0) is 6.42 Å². The van der Waals surface area contributed by atoms with Crippen LogP contribution in [-0.2, 0) is 11.8 Å². The van der Waals surface area contributed by atoms with Gasteiger partial charge in [-0.15, -0.1) is 0 Å². The highest BCUT2D eigenvalue weighted by Gasteiger charge is 2.20. The van der Waals surface area contributed by atoms with Gasteiger partial charge in [-0.2, -0.15) is 5.10 Å². The summed E-state index contributed by atoms with van der Waals surface area (Å²) in [5, 5.41) is 15.6.